The first-order valence-corrected chi connectivity index (χ1v) is 10.4. The number of nitrogens with one attached hydrogen (secondary N) is 3. The van der Waals surface area contributed by atoms with Gasteiger partial charge in [0.2, 0.25) is 0 Å². The van der Waals surface area contributed by atoms with Gasteiger partial charge in [-0.15, -0.1) is 0 Å². The summed E-state index contributed by atoms with van der Waals surface area (Å²) in [6.45, 7) is 3.84. The highest BCUT2D eigenvalue weighted by atomic mass is 16.5. The van der Waals surface area contributed by atoms with Crippen LogP contribution in [0.2, 0.25) is 0 Å². The first kappa shape index (κ1) is 20.8. The molecule has 1 aromatic carbocycles. The van der Waals surface area contributed by atoms with Crippen molar-refractivity contribution in [3.8, 4) is 5.75 Å². The van der Waals surface area contributed by atoms with Gasteiger partial charge in [-0.1, -0.05) is 6.07 Å². The number of benzene rings is 1. The maximum absolute atomic E-state index is 13.1. The maximum atomic E-state index is 13.1. The van der Waals surface area contributed by atoms with Gasteiger partial charge in [0.1, 0.15) is 17.3 Å². The minimum atomic E-state index is -0.317. The van der Waals surface area contributed by atoms with Crippen molar-refractivity contribution >= 4 is 29.6 Å². The number of amides is 1. The van der Waals surface area contributed by atoms with Crippen molar-refractivity contribution in [3.63, 3.8) is 0 Å². The molecule has 1 aromatic heterocycles. The van der Waals surface area contributed by atoms with Crippen molar-refractivity contribution in [2.45, 2.75) is 12.8 Å². The second-order valence-electron chi connectivity index (χ2n) is 7.37. The molecule has 1 saturated heterocycles. The number of rotatable bonds is 2. The highest BCUT2D eigenvalue weighted by Crippen LogP contribution is 2.27. The number of carbonyl (C=O) groups excluding carboxylic acids is 1. The minimum Gasteiger partial charge on any atom is -0.493 e. The van der Waals surface area contributed by atoms with Crippen LogP contribution in [-0.2, 0) is 4.74 Å². The van der Waals surface area contributed by atoms with Crippen LogP contribution in [0.5, 0.6) is 5.75 Å². The van der Waals surface area contributed by atoms with Crippen molar-refractivity contribution in [2.75, 3.05) is 49.7 Å². The zero-order chi connectivity index (χ0) is 21.6. The molecule has 9 heteroatoms. The Labute approximate surface area is 181 Å². The number of hydrogen-bond donors (Lipinski definition) is 3. The zero-order valence-electron chi connectivity index (χ0n) is 17.3. The number of amidine groups is 1. The average molecular weight is 422 g/mol. The molecule has 2 bridgehead atoms. The van der Waals surface area contributed by atoms with Gasteiger partial charge < -0.3 is 24.6 Å². The Kier molecular flexibility index (Phi) is 6.42. The summed E-state index contributed by atoms with van der Waals surface area (Å²) in [6.07, 6.45) is 2.60. The van der Waals surface area contributed by atoms with E-state index >= 15 is 0 Å². The standard InChI is InChI=1S/C22H26N6O3/c23-15-28-8-1-2-11-31-19-7-6-16(27-9-12-30-13-10-27)14-17(19)22(29)26-20-5-3-4-18(25-20)21(28)24/h3-7,14-15,23-24H,1-2,8-13H2,(H,25,26,29). The Hall–Kier alpha value is -3.46. The van der Waals surface area contributed by atoms with Gasteiger partial charge in [0.05, 0.1) is 31.7 Å². The predicted molar refractivity (Wildman–Crippen MR) is 119 cm³/mol. The molecule has 0 saturated carbocycles. The molecule has 0 aliphatic carbocycles. The summed E-state index contributed by atoms with van der Waals surface area (Å²) in [5.41, 5.74) is 1.80. The molecule has 2 aromatic rings. The van der Waals surface area contributed by atoms with Crippen molar-refractivity contribution in [1.29, 1.82) is 10.8 Å². The third kappa shape index (κ3) is 4.83. The smallest absolute Gasteiger partial charge is 0.260 e. The van der Waals surface area contributed by atoms with Gasteiger partial charge in [-0.3, -0.25) is 15.6 Å². The molecule has 31 heavy (non-hydrogen) atoms. The minimum absolute atomic E-state index is 0.124. The van der Waals surface area contributed by atoms with Gasteiger partial charge in [-0.25, -0.2) is 4.98 Å². The van der Waals surface area contributed by atoms with Crippen LogP contribution in [0.1, 0.15) is 28.9 Å². The Morgan fingerprint density at radius 2 is 1.90 bits per heavy atom. The molecule has 3 heterocycles. The van der Waals surface area contributed by atoms with Crippen LogP contribution in [0.25, 0.3) is 0 Å². The molecular formula is C22H26N6O3. The van der Waals surface area contributed by atoms with Gasteiger partial charge in [-0.2, -0.15) is 0 Å². The van der Waals surface area contributed by atoms with Gasteiger partial charge in [0.25, 0.3) is 5.91 Å². The zero-order valence-corrected chi connectivity index (χ0v) is 17.3. The summed E-state index contributed by atoms with van der Waals surface area (Å²) in [7, 11) is 0. The molecule has 162 valence electrons. The topological polar surface area (TPSA) is 115 Å². The fraction of sp³-hybridized carbons (Fsp3) is 0.364. The van der Waals surface area contributed by atoms with E-state index in [1.165, 1.54) is 4.90 Å². The highest BCUT2D eigenvalue weighted by Gasteiger charge is 2.20. The fourth-order valence-electron chi connectivity index (χ4n) is 3.61. The van der Waals surface area contributed by atoms with Crippen LogP contribution in [0.15, 0.2) is 36.4 Å². The molecule has 3 N–H and O–H groups in total. The monoisotopic (exact) mass is 422 g/mol. The van der Waals surface area contributed by atoms with E-state index in [-0.39, 0.29) is 11.7 Å². The quantitative estimate of drug-likeness (QED) is 0.506. The van der Waals surface area contributed by atoms with Crippen molar-refractivity contribution < 1.29 is 14.3 Å². The van der Waals surface area contributed by atoms with Gasteiger partial charge >= 0.3 is 0 Å². The van der Waals surface area contributed by atoms with E-state index in [0.29, 0.717) is 49.2 Å². The van der Waals surface area contributed by atoms with E-state index in [1.807, 2.05) is 18.2 Å². The Bertz CT molecular complexity index is 973. The van der Waals surface area contributed by atoms with Gasteiger partial charge in [-0.05, 0) is 43.2 Å². The molecule has 2 aliphatic rings. The van der Waals surface area contributed by atoms with E-state index in [9.17, 15) is 4.79 Å². The van der Waals surface area contributed by atoms with Crippen LogP contribution >= 0.6 is 0 Å². The summed E-state index contributed by atoms with van der Waals surface area (Å²) in [5.74, 6) is 0.678. The van der Waals surface area contributed by atoms with E-state index in [0.717, 1.165) is 38.0 Å². The average Bonchev–Trinajstić information content (AvgIpc) is 2.81. The Morgan fingerprint density at radius 3 is 2.71 bits per heavy atom. The van der Waals surface area contributed by atoms with Crippen molar-refractivity contribution in [3.05, 3.63) is 47.7 Å². The second-order valence-corrected chi connectivity index (χ2v) is 7.37. The number of nitrogens with zero attached hydrogens (tertiary/aromatic N) is 3. The summed E-state index contributed by atoms with van der Waals surface area (Å²) in [6, 6.07) is 10.8. The highest BCUT2D eigenvalue weighted by molar-refractivity contribution is 6.07. The molecular weight excluding hydrogens is 396 g/mol. The molecule has 0 unspecified atom stereocenters. The van der Waals surface area contributed by atoms with E-state index in [4.69, 9.17) is 20.3 Å². The van der Waals surface area contributed by atoms with E-state index in [1.54, 1.807) is 18.2 Å². The fourth-order valence-corrected chi connectivity index (χ4v) is 3.61. The van der Waals surface area contributed by atoms with Gasteiger partial charge in [0.15, 0.2) is 5.84 Å². The molecule has 0 radical (unpaired) electrons. The molecule has 9 nitrogen and oxygen atoms in total. The van der Waals surface area contributed by atoms with E-state index in [2.05, 4.69) is 15.2 Å². The lowest BCUT2D eigenvalue weighted by Gasteiger charge is -2.29. The maximum Gasteiger partial charge on any atom is 0.260 e. The summed E-state index contributed by atoms with van der Waals surface area (Å²) in [5, 5.41) is 18.8. The number of morpholine rings is 1. The lowest BCUT2D eigenvalue weighted by atomic mass is 10.1. The Balaban J connectivity index is 1.66. The molecule has 4 rings (SSSR count). The molecule has 0 atom stereocenters. The van der Waals surface area contributed by atoms with Gasteiger partial charge in [0, 0.05) is 25.3 Å². The number of ether oxygens (including phenoxy) is 2. The molecule has 1 fully saturated rings. The third-order valence-electron chi connectivity index (χ3n) is 5.31. The lowest BCUT2D eigenvalue weighted by molar-refractivity contribution is 0.102. The van der Waals surface area contributed by atoms with Crippen molar-refractivity contribution in [1.82, 2.24) is 9.88 Å². The molecule has 0 spiro atoms. The summed E-state index contributed by atoms with van der Waals surface area (Å²) >= 11 is 0. The molecule has 1 amide bonds. The number of aromatic nitrogens is 1. The third-order valence-corrected chi connectivity index (χ3v) is 5.31. The Morgan fingerprint density at radius 1 is 1.06 bits per heavy atom. The number of hydrogen-bond acceptors (Lipinski definition) is 7. The van der Waals surface area contributed by atoms with Crippen LogP contribution in [0.3, 0.4) is 0 Å². The van der Waals surface area contributed by atoms with Crippen LogP contribution < -0.4 is 15.0 Å². The van der Waals surface area contributed by atoms with E-state index < -0.39 is 0 Å². The number of pyridine rings is 1. The van der Waals surface area contributed by atoms with Crippen LogP contribution in [-0.4, -0.2) is 67.4 Å². The van der Waals surface area contributed by atoms with Crippen molar-refractivity contribution in [2.24, 2.45) is 0 Å². The first-order chi connectivity index (χ1) is 15.2. The lowest BCUT2D eigenvalue weighted by Crippen LogP contribution is -2.36. The summed E-state index contributed by atoms with van der Waals surface area (Å²) < 4.78 is 11.4. The normalized spacial score (nSPS) is 17.8. The largest absolute Gasteiger partial charge is 0.493 e. The summed E-state index contributed by atoms with van der Waals surface area (Å²) in [4.78, 5) is 21.3. The van der Waals surface area contributed by atoms with Crippen LogP contribution in [0.4, 0.5) is 11.5 Å². The van der Waals surface area contributed by atoms with Crippen LogP contribution in [0, 0.1) is 10.8 Å². The predicted octanol–water partition coefficient (Wildman–Crippen LogP) is 2.58. The first-order valence-electron chi connectivity index (χ1n) is 10.4. The number of fused-ring (bicyclic) bond motifs is 3. The SMILES string of the molecule is N=CN1CCCCOc2ccc(N3CCOCC3)cc2C(=O)Nc2cccc(n2)C1=N. The molecule has 2 aliphatic heterocycles. The number of carbonyl (C=O) groups is 1. The second kappa shape index (κ2) is 9.57. The number of anilines is 2.